The van der Waals surface area contributed by atoms with Crippen LogP contribution in [0.5, 0.6) is 0 Å². The maximum atomic E-state index is 13.4. The zero-order valence-corrected chi connectivity index (χ0v) is 18.5. The number of hydrogen-bond acceptors (Lipinski definition) is 4. The van der Waals surface area contributed by atoms with E-state index in [-0.39, 0.29) is 36.2 Å². The van der Waals surface area contributed by atoms with Gasteiger partial charge in [0.25, 0.3) is 0 Å². The number of hydrogen-bond donors (Lipinski definition) is 2. The summed E-state index contributed by atoms with van der Waals surface area (Å²) in [5.41, 5.74) is 1.44. The van der Waals surface area contributed by atoms with Crippen molar-refractivity contribution >= 4 is 34.3 Å². The zero-order valence-electron chi connectivity index (χ0n) is 17.8. The Balaban J connectivity index is 1.34. The SMILES string of the molecule is CC1C(O)CCCN1C(=O)C1C[C@H]2CC[C@@H]1N(C(=O)Cc1[nH]nc3c(Cl)cccc13)C2. The second kappa shape index (κ2) is 8.10. The van der Waals surface area contributed by atoms with Crippen molar-refractivity contribution in [2.24, 2.45) is 11.8 Å². The first-order chi connectivity index (χ1) is 14.9. The van der Waals surface area contributed by atoms with Crippen LogP contribution in [0.15, 0.2) is 18.2 Å². The minimum Gasteiger partial charge on any atom is -0.391 e. The van der Waals surface area contributed by atoms with Gasteiger partial charge in [-0.2, -0.15) is 5.10 Å². The highest BCUT2D eigenvalue weighted by molar-refractivity contribution is 6.35. The van der Waals surface area contributed by atoms with Gasteiger partial charge in [-0.3, -0.25) is 14.7 Å². The summed E-state index contributed by atoms with van der Waals surface area (Å²) in [7, 11) is 0. The second-order valence-electron chi connectivity index (χ2n) is 9.40. The maximum Gasteiger partial charge on any atom is 0.228 e. The molecule has 31 heavy (non-hydrogen) atoms. The number of H-pyrrole nitrogens is 1. The zero-order chi connectivity index (χ0) is 21.7. The number of halogens is 1. The molecule has 1 aromatic heterocycles. The van der Waals surface area contributed by atoms with Gasteiger partial charge in [0.1, 0.15) is 5.52 Å². The Bertz CT molecular complexity index is 1010. The van der Waals surface area contributed by atoms with Crippen molar-refractivity contribution in [3.63, 3.8) is 0 Å². The average molecular weight is 445 g/mol. The highest BCUT2D eigenvalue weighted by Gasteiger charge is 2.48. The minimum atomic E-state index is -0.461. The Morgan fingerprint density at radius 2 is 2.10 bits per heavy atom. The van der Waals surface area contributed by atoms with Gasteiger partial charge in [-0.1, -0.05) is 23.7 Å². The van der Waals surface area contributed by atoms with Crippen LogP contribution in [0.25, 0.3) is 10.9 Å². The molecule has 2 bridgehead atoms. The van der Waals surface area contributed by atoms with Gasteiger partial charge in [-0.15, -0.1) is 0 Å². The first-order valence-corrected chi connectivity index (χ1v) is 11.7. The summed E-state index contributed by atoms with van der Waals surface area (Å²) in [6.45, 7) is 3.35. The van der Waals surface area contributed by atoms with Gasteiger partial charge in [0.05, 0.1) is 35.2 Å². The third-order valence-corrected chi connectivity index (χ3v) is 7.89. The number of aromatic amines is 1. The summed E-state index contributed by atoms with van der Waals surface area (Å²) in [5.74, 6) is 0.333. The van der Waals surface area contributed by atoms with Gasteiger partial charge < -0.3 is 14.9 Å². The molecule has 3 unspecified atom stereocenters. The predicted octanol–water partition coefficient (Wildman–Crippen LogP) is 2.76. The fourth-order valence-corrected chi connectivity index (χ4v) is 6.05. The Labute approximate surface area is 186 Å². The number of aliphatic hydroxyl groups is 1. The van der Waals surface area contributed by atoms with Crippen LogP contribution in [0, 0.1) is 11.8 Å². The third-order valence-electron chi connectivity index (χ3n) is 7.59. The molecule has 0 spiro atoms. The van der Waals surface area contributed by atoms with Crippen LogP contribution < -0.4 is 0 Å². The van der Waals surface area contributed by atoms with Gasteiger partial charge in [0.2, 0.25) is 11.8 Å². The van der Waals surface area contributed by atoms with Crippen LogP contribution >= 0.6 is 11.6 Å². The Kier molecular flexibility index (Phi) is 5.42. The van der Waals surface area contributed by atoms with Crippen molar-refractivity contribution in [2.45, 2.75) is 63.6 Å². The molecule has 7 nitrogen and oxygen atoms in total. The first kappa shape index (κ1) is 20.8. The minimum absolute atomic E-state index is 0.0319. The molecule has 4 fully saturated rings. The number of amides is 2. The fraction of sp³-hybridized carbons (Fsp3) is 0.609. The van der Waals surface area contributed by atoms with E-state index in [1.807, 2.05) is 28.9 Å². The number of benzene rings is 1. The van der Waals surface area contributed by atoms with Crippen molar-refractivity contribution in [2.75, 3.05) is 13.1 Å². The molecule has 1 saturated carbocycles. The average Bonchev–Trinajstić information content (AvgIpc) is 3.19. The molecule has 6 rings (SSSR count). The van der Waals surface area contributed by atoms with E-state index >= 15 is 0 Å². The standard InChI is InChI=1S/C23H29ClN4O3/c1-13-20(29)6-3-9-27(13)23(31)16-10-14-7-8-19(16)28(12-14)21(30)11-18-15-4-2-5-17(24)22(15)26-25-18/h2,4-5,13-14,16,19-20,29H,3,6-12H2,1H3,(H,25,26)/t13?,14-,16?,19+,20?/m1/s1. The van der Waals surface area contributed by atoms with Crippen LogP contribution in [0.3, 0.4) is 0 Å². The highest BCUT2D eigenvalue weighted by Crippen LogP contribution is 2.41. The fourth-order valence-electron chi connectivity index (χ4n) is 5.84. The lowest BCUT2D eigenvalue weighted by molar-refractivity contribution is -0.155. The van der Waals surface area contributed by atoms with Crippen LogP contribution in [-0.4, -0.2) is 68.2 Å². The molecule has 1 aromatic carbocycles. The van der Waals surface area contributed by atoms with Gasteiger partial charge in [0, 0.05) is 24.5 Å². The van der Waals surface area contributed by atoms with Crippen molar-refractivity contribution in [3.05, 3.63) is 28.9 Å². The Morgan fingerprint density at radius 3 is 2.90 bits per heavy atom. The smallest absolute Gasteiger partial charge is 0.228 e. The largest absolute Gasteiger partial charge is 0.391 e. The van der Waals surface area contributed by atoms with Gasteiger partial charge in [-0.25, -0.2) is 0 Å². The lowest BCUT2D eigenvalue weighted by atomic mass is 9.71. The molecule has 4 aliphatic rings. The molecule has 3 aliphatic heterocycles. The summed E-state index contributed by atoms with van der Waals surface area (Å²) in [5, 5.41) is 18.9. The van der Waals surface area contributed by atoms with E-state index in [4.69, 9.17) is 11.6 Å². The number of rotatable bonds is 3. The number of carbonyl (C=O) groups excluding carboxylic acids is 2. The molecule has 0 radical (unpaired) electrons. The number of nitrogens with one attached hydrogen (secondary N) is 1. The Hall–Kier alpha value is -2.12. The second-order valence-corrected chi connectivity index (χ2v) is 9.80. The van der Waals surface area contributed by atoms with Gasteiger partial charge >= 0.3 is 0 Å². The normalized spacial score (nSPS) is 30.7. The van der Waals surface area contributed by atoms with E-state index in [1.54, 1.807) is 6.07 Å². The number of aromatic nitrogens is 2. The van der Waals surface area contributed by atoms with Crippen LogP contribution in [0.2, 0.25) is 5.02 Å². The molecule has 5 atom stereocenters. The van der Waals surface area contributed by atoms with E-state index in [2.05, 4.69) is 10.2 Å². The molecule has 8 heteroatoms. The van der Waals surface area contributed by atoms with Crippen molar-refractivity contribution in [1.29, 1.82) is 0 Å². The number of likely N-dealkylation sites (tertiary alicyclic amines) is 1. The van der Waals surface area contributed by atoms with Gasteiger partial charge in [0.15, 0.2) is 0 Å². The quantitative estimate of drug-likeness (QED) is 0.761. The molecular formula is C23H29ClN4O3. The highest BCUT2D eigenvalue weighted by atomic mass is 35.5. The molecule has 166 valence electrons. The van der Waals surface area contributed by atoms with Crippen molar-refractivity contribution in [3.8, 4) is 0 Å². The molecule has 2 amide bonds. The number of nitrogens with zero attached hydrogens (tertiary/aromatic N) is 3. The summed E-state index contributed by atoms with van der Waals surface area (Å²) in [6, 6.07) is 5.35. The lowest BCUT2D eigenvalue weighted by Crippen LogP contribution is -2.61. The predicted molar refractivity (Wildman–Crippen MR) is 118 cm³/mol. The number of carbonyl (C=O) groups is 2. The third kappa shape index (κ3) is 3.61. The summed E-state index contributed by atoms with van der Waals surface area (Å²) in [6.07, 6.45) is 4.11. The topological polar surface area (TPSA) is 89.5 Å². The van der Waals surface area contributed by atoms with E-state index in [1.165, 1.54) is 0 Å². The van der Waals surface area contributed by atoms with E-state index in [0.717, 1.165) is 49.7 Å². The number of fused-ring (bicyclic) bond motifs is 4. The molecule has 3 saturated heterocycles. The molecule has 4 heterocycles. The van der Waals surface area contributed by atoms with Crippen molar-refractivity contribution < 1.29 is 14.7 Å². The van der Waals surface area contributed by atoms with E-state index < -0.39 is 6.10 Å². The molecule has 1 aliphatic carbocycles. The van der Waals surface area contributed by atoms with Crippen LogP contribution in [0.4, 0.5) is 0 Å². The Morgan fingerprint density at radius 1 is 1.26 bits per heavy atom. The maximum absolute atomic E-state index is 13.4. The number of para-hydroxylation sites is 1. The monoisotopic (exact) mass is 444 g/mol. The van der Waals surface area contributed by atoms with Crippen LogP contribution in [0.1, 0.15) is 44.7 Å². The van der Waals surface area contributed by atoms with E-state index in [9.17, 15) is 14.7 Å². The summed E-state index contributed by atoms with van der Waals surface area (Å²) >= 11 is 6.22. The van der Waals surface area contributed by atoms with Crippen molar-refractivity contribution in [1.82, 2.24) is 20.0 Å². The molecular weight excluding hydrogens is 416 g/mol. The van der Waals surface area contributed by atoms with Gasteiger partial charge in [-0.05, 0) is 51.0 Å². The van der Waals surface area contributed by atoms with E-state index in [0.29, 0.717) is 23.0 Å². The molecule has 2 aromatic rings. The summed E-state index contributed by atoms with van der Waals surface area (Å²) in [4.78, 5) is 30.6. The number of aliphatic hydroxyl groups excluding tert-OH is 1. The molecule has 2 N–H and O–H groups in total. The number of piperidine rings is 3. The first-order valence-electron chi connectivity index (χ1n) is 11.3. The van der Waals surface area contributed by atoms with Crippen LogP contribution in [-0.2, 0) is 16.0 Å². The summed E-state index contributed by atoms with van der Waals surface area (Å²) < 4.78 is 0. The lowest BCUT2D eigenvalue weighted by Gasteiger charge is -2.51.